The molecule has 0 aromatic heterocycles. The average molecular weight is 293 g/mol. The number of methoxy groups -OCH3 is 2. The summed E-state index contributed by atoms with van der Waals surface area (Å²) in [5.41, 5.74) is 0.882. The Hall–Kier alpha value is -2.24. The zero-order valence-electron chi connectivity index (χ0n) is 12.3. The molecule has 6 nitrogen and oxygen atoms in total. The van der Waals surface area contributed by atoms with Crippen LogP contribution in [-0.4, -0.2) is 42.6 Å². The maximum atomic E-state index is 12.0. The van der Waals surface area contributed by atoms with Gasteiger partial charge in [-0.25, -0.2) is 0 Å². The molecule has 1 amide bonds. The van der Waals surface area contributed by atoms with Crippen LogP contribution in [-0.2, 0) is 9.59 Å². The molecule has 1 aliphatic rings. The highest BCUT2D eigenvalue weighted by atomic mass is 16.5. The van der Waals surface area contributed by atoms with E-state index in [1.54, 1.807) is 25.2 Å². The number of ether oxygens (including phenoxy) is 2. The van der Waals surface area contributed by atoms with Crippen molar-refractivity contribution in [2.45, 2.75) is 19.4 Å². The highest BCUT2D eigenvalue weighted by Gasteiger charge is 2.37. The lowest BCUT2D eigenvalue weighted by atomic mass is 10.1. The number of carboxylic acids is 1. The largest absolute Gasteiger partial charge is 0.493 e. The van der Waals surface area contributed by atoms with Crippen LogP contribution in [0, 0.1) is 5.92 Å². The molecule has 2 rings (SSSR count). The van der Waals surface area contributed by atoms with Crippen LogP contribution in [0.1, 0.15) is 24.9 Å². The first kappa shape index (κ1) is 15.2. The summed E-state index contributed by atoms with van der Waals surface area (Å²) in [5, 5.41) is 9.04. The zero-order valence-corrected chi connectivity index (χ0v) is 12.3. The smallest absolute Gasteiger partial charge is 0.308 e. The van der Waals surface area contributed by atoms with Crippen LogP contribution in [0.15, 0.2) is 18.2 Å². The number of hydrogen-bond donors (Lipinski definition) is 1. The third-order valence-corrected chi connectivity index (χ3v) is 3.87. The van der Waals surface area contributed by atoms with Gasteiger partial charge in [-0.3, -0.25) is 9.59 Å². The second-order valence-electron chi connectivity index (χ2n) is 5.08. The summed E-state index contributed by atoms with van der Waals surface area (Å²) >= 11 is 0. The van der Waals surface area contributed by atoms with E-state index in [1.807, 2.05) is 19.1 Å². The Kier molecular flexibility index (Phi) is 4.35. The molecule has 0 bridgehead atoms. The van der Waals surface area contributed by atoms with E-state index in [1.165, 1.54) is 0 Å². The molecule has 1 aromatic rings. The number of carbonyl (C=O) groups is 2. The Morgan fingerprint density at radius 3 is 2.52 bits per heavy atom. The van der Waals surface area contributed by atoms with Gasteiger partial charge in [-0.05, 0) is 24.6 Å². The number of aliphatic carboxylic acids is 1. The Morgan fingerprint density at radius 2 is 2.00 bits per heavy atom. The third kappa shape index (κ3) is 2.94. The molecule has 0 saturated carbocycles. The fourth-order valence-electron chi connectivity index (χ4n) is 2.56. The number of hydrogen-bond acceptors (Lipinski definition) is 4. The van der Waals surface area contributed by atoms with Gasteiger partial charge in [0.15, 0.2) is 11.5 Å². The van der Waals surface area contributed by atoms with Gasteiger partial charge in [0, 0.05) is 13.0 Å². The van der Waals surface area contributed by atoms with E-state index in [2.05, 4.69) is 0 Å². The standard InChI is InChI=1S/C15H19NO5/c1-9(16-8-11(15(18)19)7-14(16)17)10-4-5-12(20-2)13(6-10)21-3/h4-6,9,11H,7-8H2,1-3H3,(H,18,19)/t9-,11-/m0/s1. The van der Waals surface area contributed by atoms with Crippen LogP contribution in [0.4, 0.5) is 0 Å². The van der Waals surface area contributed by atoms with Crippen LogP contribution >= 0.6 is 0 Å². The zero-order chi connectivity index (χ0) is 15.6. The molecule has 21 heavy (non-hydrogen) atoms. The minimum absolute atomic E-state index is 0.0625. The van der Waals surface area contributed by atoms with Gasteiger partial charge in [-0.2, -0.15) is 0 Å². The molecule has 0 radical (unpaired) electrons. The van der Waals surface area contributed by atoms with Crippen molar-refractivity contribution in [1.82, 2.24) is 4.90 Å². The topological polar surface area (TPSA) is 76.1 Å². The van der Waals surface area contributed by atoms with E-state index in [4.69, 9.17) is 14.6 Å². The van der Waals surface area contributed by atoms with Crippen LogP contribution < -0.4 is 9.47 Å². The lowest BCUT2D eigenvalue weighted by Crippen LogP contribution is -2.29. The lowest BCUT2D eigenvalue weighted by Gasteiger charge is -2.25. The predicted octanol–water partition coefficient (Wildman–Crippen LogP) is 1.70. The number of benzene rings is 1. The molecule has 1 saturated heterocycles. The summed E-state index contributed by atoms with van der Waals surface area (Å²) in [5.74, 6) is -0.483. The Bertz CT molecular complexity index is 557. The summed E-state index contributed by atoms with van der Waals surface area (Å²) in [6.45, 7) is 2.12. The Labute approximate surface area is 123 Å². The Morgan fingerprint density at radius 1 is 1.33 bits per heavy atom. The van der Waals surface area contributed by atoms with Crippen molar-refractivity contribution in [3.05, 3.63) is 23.8 Å². The molecule has 1 fully saturated rings. The molecule has 2 atom stereocenters. The van der Waals surface area contributed by atoms with Gasteiger partial charge in [-0.15, -0.1) is 0 Å². The van der Waals surface area contributed by atoms with Crippen molar-refractivity contribution < 1.29 is 24.2 Å². The van der Waals surface area contributed by atoms with Gasteiger partial charge in [0.05, 0.1) is 26.2 Å². The van der Waals surface area contributed by atoms with Gasteiger partial charge < -0.3 is 19.5 Å². The van der Waals surface area contributed by atoms with Gasteiger partial charge >= 0.3 is 5.97 Å². The van der Waals surface area contributed by atoms with Crippen LogP contribution in [0.25, 0.3) is 0 Å². The first-order valence-electron chi connectivity index (χ1n) is 6.72. The van der Waals surface area contributed by atoms with Crippen molar-refractivity contribution in [3.63, 3.8) is 0 Å². The van der Waals surface area contributed by atoms with Crippen molar-refractivity contribution in [2.24, 2.45) is 5.92 Å². The average Bonchev–Trinajstić information content (AvgIpc) is 2.88. The minimum Gasteiger partial charge on any atom is -0.493 e. The van der Waals surface area contributed by atoms with Crippen LogP contribution in [0.2, 0.25) is 0 Å². The summed E-state index contributed by atoms with van der Waals surface area (Å²) < 4.78 is 10.4. The number of likely N-dealkylation sites (tertiary alicyclic amines) is 1. The van der Waals surface area contributed by atoms with E-state index in [-0.39, 0.29) is 24.9 Å². The maximum Gasteiger partial charge on any atom is 0.308 e. The fourth-order valence-corrected chi connectivity index (χ4v) is 2.56. The molecule has 6 heteroatoms. The van der Waals surface area contributed by atoms with Crippen molar-refractivity contribution in [3.8, 4) is 11.5 Å². The van der Waals surface area contributed by atoms with E-state index in [9.17, 15) is 9.59 Å². The SMILES string of the molecule is COc1ccc([C@H](C)N2C[C@@H](C(=O)O)CC2=O)cc1OC. The molecular weight excluding hydrogens is 274 g/mol. The van der Waals surface area contributed by atoms with Crippen molar-refractivity contribution in [2.75, 3.05) is 20.8 Å². The lowest BCUT2D eigenvalue weighted by molar-refractivity contribution is -0.141. The quantitative estimate of drug-likeness (QED) is 0.894. The van der Waals surface area contributed by atoms with Crippen molar-refractivity contribution in [1.29, 1.82) is 0 Å². The van der Waals surface area contributed by atoms with Crippen LogP contribution in [0.3, 0.4) is 0 Å². The fraction of sp³-hybridized carbons (Fsp3) is 0.467. The summed E-state index contributed by atoms with van der Waals surface area (Å²) in [4.78, 5) is 24.6. The molecule has 114 valence electrons. The predicted molar refractivity (Wildman–Crippen MR) is 75.4 cm³/mol. The highest BCUT2D eigenvalue weighted by molar-refractivity contribution is 5.86. The molecule has 0 unspecified atom stereocenters. The number of carbonyl (C=O) groups excluding carboxylic acids is 1. The van der Waals surface area contributed by atoms with Gasteiger partial charge in [0.2, 0.25) is 5.91 Å². The van der Waals surface area contributed by atoms with E-state index >= 15 is 0 Å². The molecule has 1 heterocycles. The number of rotatable bonds is 5. The molecule has 0 spiro atoms. The molecule has 1 aromatic carbocycles. The summed E-state index contributed by atoms with van der Waals surface area (Å²) in [7, 11) is 3.11. The van der Waals surface area contributed by atoms with Crippen molar-refractivity contribution >= 4 is 11.9 Å². The monoisotopic (exact) mass is 293 g/mol. The Balaban J connectivity index is 2.22. The minimum atomic E-state index is -0.926. The molecular formula is C15H19NO5. The van der Waals surface area contributed by atoms with E-state index in [0.29, 0.717) is 11.5 Å². The van der Waals surface area contributed by atoms with Gasteiger partial charge in [0.1, 0.15) is 0 Å². The molecule has 1 N–H and O–H groups in total. The first-order valence-corrected chi connectivity index (χ1v) is 6.72. The third-order valence-electron chi connectivity index (χ3n) is 3.87. The highest BCUT2D eigenvalue weighted by Crippen LogP contribution is 2.34. The van der Waals surface area contributed by atoms with E-state index < -0.39 is 11.9 Å². The summed E-state index contributed by atoms with van der Waals surface area (Å²) in [6.07, 6.45) is 0.0625. The van der Waals surface area contributed by atoms with E-state index in [0.717, 1.165) is 5.56 Å². The second kappa shape index (κ2) is 6.03. The number of amides is 1. The summed E-state index contributed by atoms with van der Waals surface area (Å²) in [6, 6.07) is 5.24. The normalized spacial score (nSPS) is 19.5. The number of nitrogens with zero attached hydrogens (tertiary/aromatic N) is 1. The van der Waals surface area contributed by atoms with Gasteiger partial charge in [-0.1, -0.05) is 6.07 Å². The molecule has 0 aliphatic carbocycles. The first-order chi connectivity index (χ1) is 9.97. The molecule has 1 aliphatic heterocycles. The van der Waals surface area contributed by atoms with Crippen LogP contribution in [0.5, 0.6) is 11.5 Å². The maximum absolute atomic E-state index is 12.0. The van der Waals surface area contributed by atoms with Gasteiger partial charge in [0.25, 0.3) is 0 Å². The second-order valence-corrected chi connectivity index (χ2v) is 5.08. The number of carboxylic acid groups (broad SMARTS) is 1.